The summed E-state index contributed by atoms with van der Waals surface area (Å²) in [7, 11) is 0. The number of nitrogens with one attached hydrogen (secondary N) is 1. The second-order valence-corrected chi connectivity index (χ2v) is 5.77. The minimum absolute atomic E-state index is 0.503. The van der Waals surface area contributed by atoms with Crippen LogP contribution in [0.3, 0.4) is 0 Å². The zero-order valence-corrected chi connectivity index (χ0v) is 13.6. The maximum absolute atomic E-state index is 9.69. The fraction of sp³-hybridized carbons (Fsp3) is 0. The first kappa shape index (κ1) is 15.1. The summed E-state index contributed by atoms with van der Waals surface area (Å²) in [6.07, 6.45) is 10.0. The highest BCUT2D eigenvalue weighted by Crippen LogP contribution is 2.29. The number of pyridine rings is 1. The van der Waals surface area contributed by atoms with E-state index in [1.165, 1.54) is 6.33 Å². The first-order chi connectivity index (χ1) is 12.3. The fourth-order valence-corrected chi connectivity index (χ4v) is 2.87. The van der Waals surface area contributed by atoms with Gasteiger partial charge in [0.05, 0.1) is 17.3 Å². The number of aromatic nitrogens is 5. The molecule has 0 spiro atoms. The van der Waals surface area contributed by atoms with Crippen molar-refractivity contribution in [1.29, 1.82) is 5.26 Å². The zero-order chi connectivity index (χ0) is 17.2. The van der Waals surface area contributed by atoms with Crippen molar-refractivity contribution in [3.05, 3.63) is 71.7 Å². The Morgan fingerprint density at radius 1 is 1.28 bits per heavy atom. The van der Waals surface area contributed by atoms with E-state index in [0.29, 0.717) is 10.6 Å². The monoisotopic (exact) mass is 346 g/mol. The molecule has 3 heterocycles. The van der Waals surface area contributed by atoms with Crippen LogP contribution in [0.25, 0.3) is 28.2 Å². The van der Waals surface area contributed by atoms with Gasteiger partial charge in [0, 0.05) is 45.6 Å². The van der Waals surface area contributed by atoms with Crippen molar-refractivity contribution in [2.45, 2.75) is 0 Å². The first-order valence-corrected chi connectivity index (χ1v) is 7.82. The maximum atomic E-state index is 9.69. The highest BCUT2D eigenvalue weighted by molar-refractivity contribution is 6.31. The molecule has 0 radical (unpaired) electrons. The average molecular weight is 347 g/mol. The summed E-state index contributed by atoms with van der Waals surface area (Å²) in [6, 6.07) is 9.63. The molecule has 25 heavy (non-hydrogen) atoms. The molecule has 0 bridgehead atoms. The van der Waals surface area contributed by atoms with E-state index in [1.807, 2.05) is 30.5 Å². The molecule has 4 aromatic rings. The Morgan fingerprint density at radius 2 is 2.20 bits per heavy atom. The highest BCUT2D eigenvalue weighted by atomic mass is 35.5. The number of hydrogen-bond donors (Lipinski definition) is 1. The number of fused-ring (bicyclic) bond motifs is 1. The molecule has 0 saturated carbocycles. The van der Waals surface area contributed by atoms with Gasteiger partial charge in [-0.15, -0.1) is 0 Å². The summed E-state index contributed by atoms with van der Waals surface area (Å²) in [5.41, 5.74) is 3.76. The third-order valence-electron chi connectivity index (χ3n) is 3.85. The lowest BCUT2D eigenvalue weighted by molar-refractivity contribution is 0.874. The Labute approximate surface area is 148 Å². The van der Waals surface area contributed by atoms with E-state index in [9.17, 15) is 5.26 Å². The van der Waals surface area contributed by atoms with Crippen LogP contribution in [0.4, 0.5) is 0 Å². The van der Waals surface area contributed by atoms with Gasteiger partial charge < -0.3 is 4.98 Å². The molecule has 0 atom stereocenters. The Bertz CT molecular complexity index is 1120. The van der Waals surface area contributed by atoms with Crippen LogP contribution < -0.4 is 0 Å². The predicted octanol–water partition coefficient (Wildman–Crippen LogP) is 3.86. The average Bonchev–Trinajstić information content (AvgIpc) is 3.30. The van der Waals surface area contributed by atoms with Gasteiger partial charge in [-0.3, -0.25) is 4.98 Å². The van der Waals surface area contributed by atoms with Gasteiger partial charge >= 0.3 is 0 Å². The molecule has 4 rings (SSSR count). The Kier molecular flexibility index (Phi) is 3.77. The number of halogens is 1. The molecule has 0 amide bonds. The molecule has 0 aliphatic rings. The number of nitriles is 1. The van der Waals surface area contributed by atoms with Gasteiger partial charge in [0.15, 0.2) is 0 Å². The Hall–Kier alpha value is -3.43. The predicted molar refractivity (Wildman–Crippen MR) is 95.9 cm³/mol. The third-order valence-corrected chi connectivity index (χ3v) is 4.08. The van der Waals surface area contributed by atoms with E-state index in [1.54, 1.807) is 29.5 Å². The van der Waals surface area contributed by atoms with Gasteiger partial charge in [-0.25, -0.2) is 9.67 Å². The molecule has 7 heteroatoms. The molecule has 1 aromatic carbocycles. The highest BCUT2D eigenvalue weighted by Gasteiger charge is 2.11. The van der Waals surface area contributed by atoms with Crippen LogP contribution in [0, 0.1) is 11.3 Å². The largest absolute Gasteiger partial charge is 0.361 e. The minimum Gasteiger partial charge on any atom is -0.361 e. The molecular formula is C18H11ClN6. The van der Waals surface area contributed by atoms with Gasteiger partial charge in [0.25, 0.3) is 0 Å². The summed E-state index contributed by atoms with van der Waals surface area (Å²) in [5, 5.41) is 15.4. The van der Waals surface area contributed by atoms with Crippen LogP contribution in [0.1, 0.15) is 11.1 Å². The van der Waals surface area contributed by atoms with E-state index in [0.717, 1.165) is 27.7 Å². The van der Waals surface area contributed by atoms with E-state index in [2.05, 4.69) is 26.1 Å². The summed E-state index contributed by atoms with van der Waals surface area (Å²) in [6.45, 7) is 0. The van der Waals surface area contributed by atoms with Crippen molar-refractivity contribution in [3.63, 3.8) is 0 Å². The van der Waals surface area contributed by atoms with Crippen molar-refractivity contribution in [2.75, 3.05) is 0 Å². The molecule has 0 unspecified atom stereocenters. The van der Waals surface area contributed by atoms with Crippen LogP contribution in [0.15, 0.2) is 55.5 Å². The van der Waals surface area contributed by atoms with Crippen LogP contribution in [-0.4, -0.2) is 24.7 Å². The molecule has 6 nitrogen and oxygen atoms in total. The Balaban J connectivity index is 1.88. The number of rotatable bonds is 3. The van der Waals surface area contributed by atoms with Crippen molar-refractivity contribution in [1.82, 2.24) is 24.7 Å². The van der Waals surface area contributed by atoms with Gasteiger partial charge in [-0.05, 0) is 30.3 Å². The quantitative estimate of drug-likeness (QED) is 0.571. The lowest BCUT2D eigenvalue weighted by Crippen LogP contribution is -1.98. The lowest BCUT2D eigenvalue weighted by atomic mass is 10.0. The lowest BCUT2D eigenvalue weighted by Gasteiger charge is -2.05. The van der Waals surface area contributed by atoms with Crippen molar-refractivity contribution < 1.29 is 0 Å². The second-order valence-electron chi connectivity index (χ2n) is 5.34. The number of allylic oxidation sites excluding steroid dienone is 1. The molecule has 120 valence electrons. The molecule has 0 aliphatic heterocycles. The normalized spacial score (nSPS) is 11.6. The summed E-state index contributed by atoms with van der Waals surface area (Å²) in [4.78, 5) is 11.3. The van der Waals surface area contributed by atoms with Crippen LogP contribution >= 0.6 is 11.6 Å². The summed E-state index contributed by atoms with van der Waals surface area (Å²) < 4.78 is 1.63. The number of H-pyrrole nitrogens is 1. The third kappa shape index (κ3) is 2.77. The van der Waals surface area contributed by atoms with Crippen LogP contribution in [0.5, 0.6) is 0 Å². The number of benzene rings is 1. The standard InChI is InChI=1S/C18H11ClN6/c19-14-1-2-17-15(6-14)16(9-23-17)12(7-20)5-13-8-21-4-3-18(13)25-11-22-10-24-25/h1-6,8-11,23H/b12-5+. The summed E-state index contributed by atoms with van der Waals surface area (Å²) in [5.74, 6) is 0. The van der Waals surface area contributed by atoms with Gasteiger partial charge in [0.1, 0.15) is 12.7 Å². The van der Waals surface area contributed by atoms with E-state index in [4.69, 9.17) is 11.6 Å². The summed E-state index contributed by atoms with van der Waals surface area (Å²) >= 11 is 6.10. The SMILES string of the molecule is N#C/C(=C\c1cnccc1-n1cncn1)c1c[nH]c2ccc(Cl)cc12. The van der Waals surface area contributed by atoms with Gasteiger partial charge in [0.2, 0.25) is 0 Å². The molecule has 0 fully saturated rings. The molecule has 3 aromatic heterocycles. The first-order valence-electron chi connectivity index (χ1n) is 7.44. The van der Waals surface area contributed by atoms with Gasteiger partial charge in [-0.1, -0.05) is 11.6 Å². The molecule has 0 saturated heterocycles. The van der Waals surface area contributed by atoms with Crippen molar-refractivity contribution in [3.8, 4) is 11.8 Å². The topological polar surface area (TPSA) is 83.2 Å². The van der Waals surface area contributed by atoms with Crippen LogP contribution in [0.2, 0.25) is 5.02 Å². The van der Waals surface area contributed by atoms with E-state index < -0.39 is 0 Å². The fourth-order valence-electron chi connectivity index (χ4n) is 2.69. The zero-order valence-electron chi connectivity index (χ0n) is 12.9. The molecular weight excluding hydrogens is 336 g/mol. The Morgan fingerprint density at radius 3 is 3.00 bits per heavy atom. The van der Waals surface area contributed by atoms with E-state index >= 15 is 0 Å². The number of nitrogens with zero attached hydrogens (tertiary/aromatic N) is 5. The smallest absolute Gasteiger partial charge is 0.138 e. The second kappa shape index (κ2) is 6.23. The molecule has 0 aliphatic carbocycles. The van der Waals surface area contributed by atoms with Crippen LogP contribution in [-0.2, 0) is 0 Å². The van der Waals surface area contributed by atoms with E-state index in [-0.39, 0.29) is 0 Å². The minimum atomic E-state index is 0.503. The molecule has 1 N–H and O–H groups in total. The maximum Gasteiger partial charge on any atom is 0.138 e. The number of hydrogen-bond acceptors (Lipinski definition) is 4. The van der Waals surface area contributed by atoms with Crippen molar-refractivity contribution >= 4 is 34.2 Å². The van der Waals surface area contributed by atoms with Gasteiger partial charge in [-0.2, -0.15) is 10.4 Å². The van der Waals surface area contributed by atoms with Crippen molar-refractivity contribution in [2.24, 2.45) is 0 Å². The number of aromatic amines is 1.